The summed E-state index contributed by atoms with van der Waals surface area (Å²) in [6, 6.07) is 18.3. The molecule has 0 bridgehead atoms. The highest BCUT2D eigenvalue weighted by molar-refractivity contribution is 9.10. The third-order valence-electron chi connectivity index (χ3n) is 5.34. The number of aryl methyl sites for hydroxylation is 2. The highest BCUT2D eigenvalue weighted by Crippen LogP contribution is 2.23. The van der Waals surface area contributed by atoms with Gasteiger partial charge in [-0.15, -0.1) is 0 Å². The molecule has 182 valence electrons. The number of anilines is 1. The number of nitrogens with one attached hydrogen (secondary N) is 3. The Labute approximate surface area is 221 Å². The molecule has 0 aliphatic carbocycles. The smallest absolute Gasteiger partial charge is 0.273 e. The van der Waals surface area contributed by atoms with E-state index in [0.717, 1.165) is 16.7 Å². The number of nitrogens with zero attached hydrogens (tertiary/aromatic N) is 3. The van der Waals surface area contributed by atoms with Gasteiger partial charge in [0.15, 0.2) is 5.16 Å². The molecule has 4 aromatic rings. The summed E-state index contributed by atoms with van der Waals surface area (Å²) in [5.41, 5.74) is 7.85. The van der Waals surface area contributed by atoms with Gasteiger partial charge in [-0.1, -0.05) is 58.0 Å². The van der Waals surface area contributed by atoms with Crippen LogP contribution in [-0.4, -0.2) is 33.2 Å². The van der Waals surface area contributed by atoms with E-state index < -0.39 is 5.91 Å². The van der Waals surface area contributed by atoms with Crippen LogP contribution in [0.1, 0.15) is 43.0 Å². The highest BCUT2D eigenvalue weighted by atomic mass is 79.9. The number of aromatic amines is 1. The molecule has 1 heterocycles. The van der Waals surface area contributed by atoms with Gasteiger partial charge in [0.25, 0.3) is 11.8 Å². The van der Waals surface area contributed by atoms with Gasteiger partial charge in [-0.25, -0.2) is 10.4 Å². The Morgan fingerprint density at radius 3 is 2.69 bits per heavy atom. The van der Waals surface area contributed by atoms with Gasteiger partial charge in [-0.3, -0.25) is 14.7 Å². The Hall–Kier alpha value is -3.76. The number of halogens is 1. The molecule has 8 nitrogen and oxygen atoms in total. The minimum absolute atomic E-state index is 0.284. The third kappa shape index (κ3) is 6.67. The van der Waals surface area contributed by atoms with E-state index in [0.29, 0.717) is 26.6 Å². The third-order valence-corrected chi connectivity index (χ3v) is 6.78. The van der Waals surface area contributed by atoms with Crippen molar-refractivity contribution in [2.75, 3.05) is 5.32 Å². The van der Waals surface area contributed by atoms with Gasteiger partial charge in [-0.2, -0.15) is 10.2 Å². The lowest BCUT2D eigenvalue weighted by Gasteiger charge is -2.11. The van der Waals surface area contributed by atoms with Crippen LogP contribution >= 0.6 is 27.7 Å². The Bertz CT molecular complexity index is 1420. The molecule has 0 saturated carbocycles. The van der Waals surface area contributed by atoms with Gasteiger partial charge < -0.3 is 5.32 Å². The molecule has 0 saturated heterocycles. The zero-order valence-electron chi connectivity index (χ0n) is 19.6. The minimum Gasteiger partial charge on any atom is -0.321 e. The Kier molecular flexibility index (Phi) is 8.29. The second-order valence-corrected chi connectivity index (χ2v) is 9.85. The molecule has 0 fully saturated rings. The van der Waals surface area contributed by atoms with Crippen molar-refractivity contribution in [2.45, 2.75) is 24.8 Å². The predicted molar refractivity (Wildman–Crippen MR) is 145 cm³/mol. The van der Waals surface area contributed by atoms with Crippen LogP contribution in [0.5, 0.6) is 0 Å². The van der Waals surface area contributed by atoms with Gasteiger partial charge in [0.2, 0.25) is 0 Å². The average Bonchev–Trinajstić information content (AvgIpc) is 3.40. The SMILES string of the molecule is Cc1ccc(C=NNC(=O)c2cc(Br)ccc2NC(=O)c2cccc(CSc3ncn[nH]3)c2)cc1C. The van der Waals surface area contributed by atoms with Crippen LogP contribution in [-0.2, 0) is 5.75 Å². The number of hydrogen-bond acceptors (Lipinski definition) is 6. The van der Waals surface area contributed by atoms with Gasteiger partial charge in [-0.05, 0) is 66.4 Å². The van der Waals surface area contributed by atoms with E-state index in [1.807, 2.05) is 50.2 Å². The number of H-pyrrole nitrogens is 1. The number of rotatable bonds is 8. The van der Waals surface area contributed by atoms with Crippen molar-refractivity contribution in [3.63, 3.8) is 0 Å². The van der Waals surface area contributed by atoms with Crippen molar-refractivity contribution in [3.05, 3.63) is 105 Å². The maximum absolute atomic E-state index is 13.0. The summed E-state index contributed by atoms with van der Waals surface area (Å²) < 4.78 is 0.704. The van der Waals surface area contributed by atoms with Crippen LogP contribution < -0.4 is 10.7 Å². The molecule has 0 radical (unpaired) electrons. The molecule has 4 rings (SSSR count). The molecule has 3 N–H and O–H groups in total. The Morgan fingerprint density at radius 2 is 1.92 bits per heavy atom. The second-order valence-electron chi connectivity index (χ2n) is 7.97. The fourth-order valence-electron chi connectivity index (χ4n) is 3.30. The topological polar surface area (TPSA) is 112 Å². The summed E-state index contributed by atoms with van der Waals surface area (Å²) in [7, 11) is 0. The molecule has 3 aromatic carbocycles. The van der Waals surface area contributed by atoms with Gasteiger partial charge in [0, 0.05) is 15.8 Å². The molecule has 0 aliphatic heterocycles. The minimum atomic E-state index is -0.441. The van der Waals surface area contributed by atoms with Crippen LogP contribution in [0, 0.1) is 13.8 Å². The summed E-state index contributed by atoms with van der Waals surface area (Å²) in [6.07, 6.45) is 3.04. The van der Waals surface area contributed by atoms with Crippen LogP contribution in [0.15, 0.2) is 81.7 Å². The average molecular weight is 563 g/mol. The quantitative estimate of drug-likeness (QED) is 0.149. The molecule has 0 aliphatic rings. The maximum Gasteiger partial charge on any atom is 0.273 e. The number of thioether (sulfide) groups is 1. The molecule has 1 aromatic heterocycles. The molecule has 0 unspecified atom stereocenters. The lowest BCUT2D eigenvalue weighted by Crippen LogP contribution is -2.21. The predicted octanol–water partition coefficient (Wildman–Crippen LogP) is 5.49. The van der Waals surface area contributed by atoms with Gasteiger partial charge in [0.1, 0.15) is 6.33 Å². The van der Waals surface area contributed by atoms with Crippen LogP contribution in [0.2, 0.25) is 0 Å². The molecule has 0 spiro atoms. The first-order valence-electron chi connectivity index (χ1n) is 11.0. The fraction of sp³-hybridized carbons (Fsp3) is 0.115. The van der Waals surface area contributed by atoms with Gasteiger partial charge in [0.05, 0.1) is 17.5 Å². The van der Waals surface area contributed by atoms with Crippen molar-refractivity contribution >= 4 is 51.4 Å². The first kappa shape index (κ1) is 25.3. The fourth-order valence-corrected chi connectivity index (χ4v) is 4.38. The van der Waals surface area contributed by atoms with Crippen molar-refractivity contribution in [2.24, 2.45) is 5.10 Å². The maximum atomic E-state index is 13.0. The van der Waals surface area contributed by atoms with Crippen LogP contribution in [0.4, 0.5) is 5.69 Å². The zero-order chi connectivity index (χ0) is 25.5. The van der Waals surface area contributed by atoms with E-state index in [1.54, 1.807) is 30.5 Å². The van der Waals surface area contributed by atoms with Crippen molar-refractivity contribution < 1.29 is 9.59 Å². The lowest BCUT2D eigenvalue weighted by molar-refractivity contribution is 0.0956. The van der Waals surface area contributed by atoms with E-state index in [-0.39, 0.29) is 11.5 Å². The summed E-state index contributed by atoms with van der Waals surface area (Å²) in [5.74, 6) is -0.138. The number of hydrazone groups is 1. The van der Waals surface area contributed by atoms with Crippen molar-refractivity contribution in [3.8, 4) is 0 Å². The lowest BCUT2D eigenvalue weighted by atomic mass is 10.1. The summed E-state index contributed by atoms with van der Waals surface area (Å²) in [4.78, 5) is 30.0. The molecular weight excluding hydrogens is 540 g/mol. The number of hydrogen-bond donors (Lipinski definition) is 3. The molecule has 0 atom stereocenters. The molecule has 2 amide bonds. The number of benzene rings is 3. The molecular formula is C26H23BrN6O2S. The Morgan fingerprint density at radius 1 is 1.06 bits per heavy atom. The number of amides is 2. The number of carbonyl (C=O) groups excluding carboxylic acids is 2. The zero-order valence-corrected chi connectivity index (χ0v) is 22.0. The monoisotopic (exact) mass is 562 g/mol. The first-order valence-corrected chi connectivity index (χ1v) is 12.8. The van der Waals surface area contributed by atoms with E-state index in [4.69, 9.17) is 0 Å². The van der Waals surface area contributed by atoms with E-state index >= 15 is 0 Å². The van der Waals surface area contributed by atoms with E-state index in [9.17, 15) is 9.59 Å². The molecule has 36 heavy (non-hydrogen) atoms. The number of aromatic nitrogens is 3. The van der Waals surface area contributed by atoms with Crippen molar-refractivity contribution in [1.82, 2.24) is 20.6 Å². The van der Waals surface area contributed by atoms with Crippen LogP contribution in [0.25, 0.3) is 0 Å². The summed E-state index contributed by atoms with van der Waals surface area (Å²) in [5, 5.41) is 14.3. The normalized spacial score (nSPS) is 11.0. The van der Waals surface area contributed by atoms with E-state index in [1.165, 1.54) is 23.7 Å². The van der Waals surface area contributed by atoms with E-state index in [2.05, 4.69) is 47.0 Å². The highest BCUT2D eigenvalue weighted by Gasteiger charge is 2.15. The largest absolute Gasteiger partial charge is 0.321 e. The summed E-state index contributed by atoms with van der Waals surface area (Å²) in [6.45, 7) is 4.06. The van der Waals surface area contributed by atoms with Crippen LogP contribution in [0.3, 0.4) is 0 Å². The summed E-state index contributed by atoms with van der Waals surface area (Å²) >= 11 is 4.88. The first-order chi connectivity index (χ1) is 17.4. The molecule has 10 heteroatoms. The number of carbonyl (C=O) groups is 2. The Balaban J connectivity index is 1.45. The van der Waals surface area contributed by atoms with Gasteiger partial charge >= 0.3 is 0 Å². The van der Waals surface area contributed by atoms with Crippen molar-refractivity contribution in [1.29, 1.82) is 0 Å². The second kappa shape index (κ2) is 11.8. The standard InChI is InChI=1S/C26H23BrN6O2S/c1-16-6-7-18(10-17(16)2)13-29-32-25(35)22-12-21(27)8-9-23(22)31-24(34)20-5-3-4-19(11-20)14-36-26-28-15-30-33-26/h3-13,15H,14H2,1-2H3,(H,31,34)(H,32,35)(H,28,30,33).